The number of anilines is 3. The van der Waals surface area contributed by atoms with Gasteiger partial charge in [-0.3, -0.25) is 4.79 Å². The molecule has 3 rings (SSSR count). The molecule has 2 N–H and O–H groups in total. The maximum absolute atomic E-state index is 12.4. The number of aromatic nitrogens is 1. The summed E-state index contributed by atoms with van der Waals surface area (Å²) in [5.74, 6) is -0.134. The number of hydrogen-bond donors (Lipinski definition) is 2. The number of amides is 1. The first-order valence-electron chi connectivity index (χ1n) is 7.29. The standard InChI is InChI=1S/C18H17N3OS/c1-12-8-10-15(11-9-12)20-17(22)16-13(2)19-18(23-16)21-14-6-4-3-5-7-14/h3-11H,1-2H3,(H,19,21)(H,20,22). The topological polar surface area (TPSA) is 54.0 Å². The smallest absolute Gasteiger partial charge is 0.267 e. The van der Waals surface area contributed by atoms with Crippen LogP contribution in [0.4, 0.5) is 16.5 Å². The highest BCUT2D eigenvalue weighted by molar-refractivity contribution is 7.17. The highest BCUT2D eigenvalue weighted by atomic mass is 32.1. The van der Waals surface area contributed by atoms with Crippen LogP contribution < -0.4 is 10.6 Å². The zero-order valence-corrected chi connectivity index (χ0v) is 13.8. The number of carbonyl (C=O) groups excluding carboxylic acids is 1. The fourth-order valence-corrected chi connectivity index (χ4v) is 3.01. The summed E-state index contributed by atoms with van der Waals surface area (Å²) in [6.45, 7) is 3.86. The summed E-state index contributed by atoms with van der Waals surface area (Å²) < 4.78 is 0. The fraction of sp³-hybridized carbons (Fsp3) is 0.111. The van der Waals surface area contributed by atoms with Crippen LogP contribution in [0.5, 0.6) is 0 Å². The second kappa shape index (κ2) is 6.62. The number of nitrogens with one attached hydrogen (secondary N) is 2. The molecule has 2 aromatic carbocycles. The highest BCUT2D eigenvalue weighted by Crippen LogP contribution is 2.26. The van der Waals surface area contributed by atoms with Crippen molar-refractivity contribution < 1.29 is 4.79 Å². The number of aryl methyl sites for hydroxylation is 2. The lowest BCUT2D eigenvalue weighted by Crippen LogP contribution is -2.11. The van der Waals surface area contributed by atoms with Crippen molar-refractivity contribution in [3.05, 3.63) is 70.7 Å². The van der Waals surface area contributed by atoms with E-state index in [0.717, 1.165) is 22.6 Å². The van der Waals surface area contributed by atoms with Gasteiger partial charge in [-0.2, -0.15) is 0 Å². The predicted octanol–water partition coefficient (Wildman–Crippen LogP) is 4.76. The largest absolute Gasteiger partial charge is 0.332 e. The molecule has 1 amide bonds. The predicted molar refractivity (Wildman–Crippen MR) is 95.7 cm³/mol. The Morgan fingerprint density at radius 2 is 1.65 bits per heavy atom. The Bertz CT molecular complexity index is 810. The summed E-state index contributed by atoms with van der Waals surface area (Å²) in [7, 11) is 0. The number of rotatable bonds is 4. The maximum atomic E-state index is 12.4. The third-order valence-corrected chi connectivity index (χ3v) is 4.41. The summed E-state index contributed by atoms with van der Waals surface area (Å²) in [4.78, 5) is 17.5. The minimum absolute atomic E-state index is 0.134. The van der Waals surface area contributed by atoms with Crippen LogP contribution in [0.3, 0.4) is 0 Å². The van der Waals surface area contributed by atoms with Gasteiger partial charge in [0.15, 0.2) is 5.13 Å². The van der Waals surface area contributed by atoms with E-state index in [4.69, 9.17) is 0 Å². The van der Waals surface area contributed by atoms with E-state index in [9.17, 15) is 4.79 Å². The van der Waals surface area contributed by atoms with E-state index < -0.39 is 0 Å². The molecule has 0 saturated heterocycles. The van der Waals surface area contributed by atoms with Gasteiger partial charge in [-0.1, -0.05) is 47.2 Å². The number of benzene rings is 2. The average Bonchev–Trinajstić information content (AvgIpc) is 2.91. The average molecular weight is 323 g/mol. The van der Waals surface area contributed by atoms with Crippen LogP contribution in [0.15, 0.2) is 54.6 Å². The van der Waals surface area contributed by atoms with E-state index in [-0.39, 0.29) is 5.91 Å². The minimum Gasteiger partial charge on any atom is -0.332 e. The van der Waals surface area contributed by atoms with Gasteiger partial charge in [0.2, 0.25) is 0 Å². The summed E-state index contributed by atoms with van der Waals surface area (Å²) in [6, 6.07) is 17.5. The SMILES string of the molecule is Cc1ccc(NC(=O)c2sc(Nc3ccccc3)nc2C)cc1. The van der Waals surface area contributed by atoms with Crippen molar-refractivity contribution in [3.8, 4) is 0 Å². The Morgan fingerprint density at radius 3 is 2.35 bits per heavy atom. The number of thiazole rings is 1. The fourth-order valence-electron chi connectivity index (χ4n) is 2.13. The molecule has 0 spiro atoms. The lowest BCUT2D eigenvalue weighted by Gasteiger charge is -2.04. The zero-order chi connectivity index (χ0) is 16.2. The molecule has 0 radical (unpaired) electrons. The monoisotopic (exact) mass is 323 g/mol. The molecule has 0 aliphatic rings. The third kappa shape index (κ3) is 3.76. The first-order valence-corrected chi connectivity index (χ1v) is 8.11. The van der Waals surface area contributed by atoms with Crippen LogP contribution in [0.25, 0.3) is 0 Å². The van der Waals surface area contributed by atoms with Crippen molar-refractivity contribution in [2.75, 3.05) is 10.6 Å². The van der Waals surface area contributed by atoms with Gasteiger partial charge >= 0.3 is 0 Å². The lowest BCUT2D eigenvalue weighted by atomic mass is 10.2. The Kier molecular flexibility index (Phi) is 4.39. The molecule has 0 aliphatic carbocycles. The van der Waals surface area contributed by atoms with Crippen molar-refractivity contribution in [1.29, 1.82) is 0 Å². The zero-order valence-electron chi connectivity index (χ0n) is 13.0. The van der Waals surface area contributed by atoms with Gasteiger partial charge in [0.1, 0.15) is 4.88 Å². The molecule has 23 heavy (non-hydrogen) atoms. The molecule has 1 heterocycles. The second-order valence-corrected chi connectivity index (χ2v) is 6.24. The Balaban J connectivity index is 1.75. The molecule has 5 heteroatoms. The van der Waals surface area contributed by atoms with E-state index in [1.54, 1.807) is 0 Å². The van der Waals surface area contributed by atoms with Gasteiger partial charge in [0.25, 0.3) is 5.91 Å². The van der Waals surface area contributed by atoms with Crippen LogP contribution in [0, 0.1) is 13.8 Å². The molecule has 0 aliphatic heterocycles. The van der Waals surface area contributed by atoms with Crippen LogP contribution >= 0.6 is 11.3 Å². The lowest BCUT2D eigenvalue weighted by molar-refractivity contribution is 0.103. The quantitative estimate of drug-likeness (QED) is 0.728. The van der Waals surface area contributed by atoms with Crippen molar-refractivity contribution in [1.82, 2.24) is 4.98 Å². The molecular weight excluding hydrogens is 306 g/mol. The summed E-state index contributed by atoms with van der Waals surface area (Å²) >= 11 is 1.35. The highest BCUT2D eigenvalue weighted by Gasteiger charge is 2.15. The van der Waals surface area contributed by atoms with Gasteiger partial charge in [-0.05, 0) is 38.1 Å². The minimum atomic E-state index is -0.134. The molecule has 0 fully saturated rings. The molecule has 1 aromatic heterocycles. The van der Waals surface area contributed by atoms with Crippen molar-refractivity contribution in [3.63, 3.8) is 0 Å². The molecule has 3 aromatic rings. The molecule has 0 bridgehead atoms. The summed E-state index contributed by atoms with van der Waals surface area (Å²) in [5.41, 5.74) is 3.61. The van der Waals surface area contributed by atoms with Crippen LogP contribution in [0.1, 0.15) is 20.9 Å². The number of nitrogens with zero attached hydrogens (tertiary/aromatic N) is 1. The Hall–Kier alpha value is -2.66. The first-order chi connectivity index (χ1) is 11.1. The van der Waals surface area contributed by atoms with Gasteiger partial charge in [-0.15, -0.1) is 0 Å². The number of para-hydroxylation sites is 1. The summed E-state index contributed by atoms with van der Waals surface area (Å²) in [5, 5.41) is 6.84. The summed E-state index contributed by atoms with van der Waals surface area (Å²) in [6.07, 6.45) is 0. The Morgan fingerprint density at radius 1 is 0.957 bits per heavy atom. The normalized spacial score (nSPS) is 10.3. The number of hydrogen-bond acceptors (Lipinski definition) is 4. The van der Waals surface area contributed by atoms with E-state index >= 15 is 0 Å². The van der Waals surface area contributed by atoms with Gasteiger partial charge in [0.05, 0.1) is 5.69 Å². The van der Waals surface area contributed by atoms with E-state index in [1.165, 1.54) is 11.3 Å². The Labute approximate surface area is 139 Å². The maximum Gasteiger partial charge on any atom is 0.267 e. The van der Waals surface area contributed by atoms with E-state index in [1.807, 2.05) is 68.4 Å². The third-order valence-electron chi connectivity index (χ3n) is 3.34. The molecule has 0 saturated carbocycles. The molecule has 116 valence electrons. The van der Waals surface area contributed by atoms with Gasteiger partial charge in [-0.25, -0.2) is 4.98 Å². The van der Waals surface area contributed by atoms with Gasteiger partial charge < -0.3 is 10.6 Å². The van der Waals surface area contributed by atoms with E-state index in [2.05, 4.69) is 15.6 Å². The van der Waals surface area contributed by atoms with Crippen LogP contribution in [0.2, 0.25) is 0 Å². The second-order valence-electron chi connectivity index (χ2n) is 5.24. The van der Waals surface area contributed by atoms with Crippen LogP contribution in [-0.4, -0.2) is 10.9 Å². The van der Waals surface area contributed by atoms with Crippen LogP contribution in [-0.2, 0) is 0 Å². The molecule has 0 unspecified atom stereocenters. The first kappa shape index (κ1) is 15.2. The van der Waals surface area contributed by atoms with Crippen molar-refractivity contribution in [2.24, 2.45) is 0 Å². The van der Waals surface area contributed by atoms with Crippen molar-refractivity contribution >= 4 is 33.8 Å². The molecule has 4 nitrogen and oxygen atoms in total. The van der Waals surface area contributed by atoms with Gasteiger partial charge in [0, 0.05) is 11.4 Å². The van der Waals surface area contributed by atoms with E-state index in [0.29, 0.717) is 10.0 Å². The molecular formula is C18H17N3OS. The molecule has 0 atom stereocenters. The van der Waals surface area contributed by atoms with Crippen molar-refractivity contribution in [2.45, 2.75) is 13.8 Å². The number of carbonyl (C=O) groups is 1.